The Kier molecular flexibility index (Phi) is 9.22. The molecular weight excluding hydrogens is 632 g/mol. The number of halogens is 7. The fourth-order valence-electron chi connectivity index (χ4n) is 4.41. The molecule has 1 heterocycles. The summed E-state index contributed by atoms with van der Waals surface area (Å²) < 4.78 is 95.0. The Morgan fingerprint density at radius 2 is 1.78 bits per heavy atom. The monoisotopic (exact) mass is 655 g/mol. The highest BCUT2D eigenvalue weighted by Crippen LogP contribution is 2.35. The molecule has 0 bridgehead atoms. The molecule has 1 aromatic heterocycles. The smallest absolute Gasteiger partial charge is 0.382 e. The van der Waals surface area contributed by atoms with Crippen molar-refractivity contribution < 1.29 is 34.6 Å². The third kappa shape index (κ3) is 8.08. The van der Waals surface area contributed by atoms with E-state index in [1.54, 1.807) is 19.1 Å². The Morgan fingerprint density at radius 1 is 1.15 bits per heavy atom. The van der Waals surface area contributed by atoms with Gasteiger partial charge in [0.15, 0.2) is 0 Å². The minimum Gasteiger partial charge on any atom is -0.382 e. The second-order valence-corrected chi connectivity index (χ2v) is 12.6. The number of nitrogens with one attached hydrogen (secondary N) is 1. The number of hydrogen-bond donors (Lipinski definition) is 1. The summed E-state index contributed by atoms with van der Waals surface area (Å²) in [6.45, 7) is 1.76. The van der Waals surface area contributed by atoms with E-state index in [4.69, 9.17) is 39.6 Å². The minimum atomic E-state index is -4.64. The molecule has 0 atom stereocenters. The first-order valence-electron chi connectivity index (χ1n) is 12.4. The van der Waals surface area contributed by atoms with E-state index < -0.39 is 34.4 Å². The molecule has 1 aliphatic rings. The average molecular weight is 657 g/mol. The van der Waals surface area contributed by atoms with Crippen molar-refractivity contribution in [3.8, 4) is 22.7 Å². The molecule has 1 aliphatic carbocycles. The third-order valence-corrected chi connectivity index (χ3v) is 8.51. The van der Waals surface area contributed by atoms with E-state index in [9.17, 15) is 30.4 Å². The lowest BCUT2D eigenvalue weighted by Crippen LogP contribution is -2.40. The SMILES string of the molecule is Cc1c(C(=S)NC2CCC(F)(F)CC2)nn(-c2ccc(Cl)cc2Cl)c1-c1ccc(OS(=O)(=O)CCC(F)(F)F)cc1. The van der Waals surface area contributed by atoms with Crippen LogP contribution in [-0.4, -0.2) is 47.1 Å². The zero-order valence-corrected chi connectivity index (χ0v) is 24.6. The molecule has 1 N–H and O–H groups in total. The Bertz CT molecular complexity index is 1530. The molecule has 0 radical (unpaired) electrons. The third-order valence-electron chi connectivity index (χ3n) is 6.51. The van der Waals surface area contributed by atoms with Crippen molar-refractivity contribution in [1.82, 2.24) is 15.1 Å². The van der Waals surface area contributed by atoms with Gasteiger partial charge in [-0.15, -0.1) is 0 Å². The summed E-state index contributed by atoms with van der Waals surface area (Å²) in [4.78, 5) is 0.263. The van der Waals surface area contributed by atoms with Crippen LogP contribution in [0.2, 0.25) is 10.0 Å². The zero-order chi connectivity index (χ0) is 30.2. The van der Waals surface area contributed by atoms with Gasteiger partial charge in [0.2, 0.25) is 5.92 Å². The Labute approximate surface area is 248 Å². The van der Waals surface area contributed by atoms with Crippen molar-refractivity contribution in [2.45, 2.75) is 57.2 Å². The zero-order valence-electron chi connectivity index (χ0n) is 21.4. The van der Waals surface area contributed by atoms with Crippen LogP contribution < -0.4 is 9.50 Å². The number of alkyl halides is 5. The van der Waals surface area contributed by atoms with Crippen LogP contribution in [0.4, 0.5) is 22.0 Å². The van der Waals surface area contributed by atoms with Gasteiger partial charge in [-0.25, -0.2) is 13.5 Å². The van der Waals surface area contributed by atoms with Gasteiger partial charge in [-0.1, -0.05) is 35.4 Å². The highest BCUT2D eigenvalue weighted by molar-refractivity contribution is 7.87. The molecule has 0 unspecified atom stereocenters. The summed E-state index contributed by atoms with van der Waals surface area (Å²) in [5.41, 5.74) is 2.51. The molecule has 3 aromatic rings. The van der Waals surface area contributed by atoms with Gasteiger partial charge in [0.25, 0.3) is 0 Å². The maximum atomic E-state index is 13.6. The summed E-state index contributed by atoms with van der Waals surface area (Å²) in [6, 6.07) is 10.2. The standard InChI is InChI=1S/C26H24Cl2F5N3O3S2/c1-15-22(24(40)34-18-8-10-25(29,30)11-9-18)35-36(21-7-4-17(27)14-20(21)28)23(15)16-2-5-19(6-3-16)39-41(37,38)13-12-26(31,32)33/h2-7,14,18H,8-13H2,1H3,(H,34,40). The van der Waals surface area contributed by atoms with Gasteiger partial charge >= 0.3 is 16.3 Å². The molecule has 15 heteroatoms. The van der Waals surface area contributed by atoms with E-state index in [2.05, 4.69) is 10.4 Å². The molecule has 222 valence electrons. The number of benzene rings is 2. The van der Waals surface area contributed by atoms with Crippen molar-refractivity contribution in [2.75, 3.05) is 5.75 Å². The second-order valence-electron chi connectivity index (χ2n) is 9.67. The predicted molar refractivity (Wildman–Crippen MR) is 151 cm³/mol. The number of aromatic nitrogens is 2. The molecule has 0 spiro atoms. The van der Waals surface area contributed by atoms with Crippen molar-refractivity contribution in [1.29, 1.82) is 0 Å². The maximum Gasteiger partial charge on any atom is 0.390 e. The second kappa shape index (κ2) is 12.0. The fraction of sp³-hybridized carbons (Fsp3) is 0.385. The maximum absolute atomic E-state index is 13.6. The lowest BCUT2D eigenvalue weighted by molar-refractivity contribution is -0.130. The van der Waals surface area contributed by atoms with Crippen LogP contribution in [0.3, 0.4) is 0 Å². The first kappa shape index (κ1) is 31.5. The van der Waals surface area contributed by atoms with Crippen molar-refractivity contribution in [2.24, 2.45) is 0 Å². The Balaban J connectivity index is 1.66. The van der Waals surface area contributed by atoms with E-state index >= 15 is 0 Å². The van der Waals surface area contributed by atoms with E-state index in [0.717, 1.165) is 0 Å². The molecule has 41 heavy (non-hydrogen) atoms. The molecule has 6 nitrogen and oxygen atoms in total. The molecule has 0 saturated heterocycles. The Hall–Kier alpha value is -2.48. The highest BCUT2D eigenvalue weighted by atomic mass is 35.5. The molecule has 0 amide bonds. The molecule has 1 fully saturated rings. The van der Waals surface area contributed by atoms with Crippen LogP contribution in [0.25, 0.3) is 16.9 Å². The summed E-state index contributed by atoms with van der Waals surface area (Å²) >= 11 is 18.2. The quantitative estimate of drug-likeness (QED) is 0.153. The number of nitrogens with zero attached hydrogens (tertiary/aromatic N) is 2. The van der Waals surface area contributed by atoms with Crippen molar-refractivity contribution in [3.05, 3.63) is 63.8 Å². The van der Waals surface area contributed by atoms with E-state index in [1.165, 1.54) is 35.0 Å². The largest absolute Gasteiger partial charge is 0.390 e. The average Bonchev–Trinajstić information content (AvgIpc) is 3.21. The normalized spacial score (nSPS) is 16.0. The lowest BCUT2D eigenvalue weighted by Gasteiger charge is -2.29. The van der Waals surface area contributed by atoms with E-state index in [0.29, 0.717) is 33.2 Å². The van der Waals surface area contributed by atoms with Crippen LogP contribution in [-0.2, 0) is 10.1 Å². The van der Waals surface area contributed by atoms with Crippen molar-refractivity contribution >= 4 is 50.5 Å². The summed E-state index contributed by atoms with van der Waals surface area (Å²) in [7, 11) is -4.48. The van der Waals surface area contributed by atoms with Gasteiger partial charge < -0.3 is 9.50 Å². The highest BCUT2D eigenvalue weighted by Gasteiger charge is 2.35. The van der Waals surface area contributed by atoms with Gasteiger partial charge in [0, 0.05) is 35.0 Å². The van der Waals surface area contributed by atoms with Crippen molar-refractivity contribution in [3.63, 3.8) is 0 Å². The summed E-state index contributed by atoms with van der Waals surface area (Å²) in [5.74, 6) is -4.08. The van der Waals surface area contributed by atoms with Crippen LogP contribution in [0.15, 0.2) is 42.5 Å². The van der Waals surface area contributed by atoms with E-state index in [1.807, 2.05) is 0 Å². The molecular formula is C26H24Cl2F5N3O3S2. The van der Waals surface area contributed by atoms with Crippen LogP contribution in [0.1, 0.15) is 43.4 Å². The fourth-order valence-corrected chi connectivity index (χ4v) is 6.23. The number of thiocarbonyl (C=S) groups is 1. The van der Waals surface area contributed by atoms with Gasteiger partial charge in [0.05, 0.1) is 28.6 Å². The van der Waals surface area contributed by atoms with Gasteiger partial charge in [-0.2, -0.15) is 26.7 Å². The van der Waals surface area contributed by atoms with Crippen LogP contribution >= 0.6 is 35.4 Å². The summed E-state index contributed by atoms with van der Waals surface area (Å²) in [6.07, 6.45) is -6.17. The van der Waals surface area contributed by atoms with Gasteiger partial charge in [0.1, 0.15) is 16.4 Å². The van der Waals surface area contributed by atoms with E-state index in [-0.39, 0.29) is 47.5 Å². The molecule has 4 rings (SSSR count). The minimum absolute atomic E-state index is 0.171. The van der Waals surface area contributed by atoms with Gasteiger partial charge in [-0.3, -0.25) is 0 Å². The molecule has 2 aromatic carbocycles. The van der Waals surface area contributed by atoms with Crippen LogP contribution in [0, 0.1) is 6.92 Å². The molecule has 0 aliphatic heterocycles. The predicted octanol–water partition coefficient (Wildman–Crippen LogP) is 7.66. The van der Waals surface area contributed by atoms with Crippen LogP contribution in [0.5, 0.6) is 5.75 Å². The number of rotatable bonds is 8. The summed E-state index contributed by atoms with van der Waals surface area (Å²) in [5, 5.41) is 8.48. The van der Waals surface area contributed by atoms with Gasteiger partial charge in [-0.05, 0) is 62.2 Å². The lowest BCUT2D eigenvalue weighted by atomic mass is 9.92. The first-order valence-corrected chi connectivity index (χ1v) is 15.1. The molecule has 1 saturated carbocycles. The topological polar surface area (TPSA) is 73.2 Å². The Morgan fingerprint density at radius 3 is 2.37 bits per heavy atom. The first-order chi connectivity index (χ1) is 19.0. The number of hydrogen-bond acceptors (Lipinski definition) is 5.